The van der Waals surface area contributed by atoms with Gasteiger partial charge in [-0.3, -0.25) is 15.6 Å². The summed E-state index contributed by atoms with van der Waals surface area (Å²) in [7, 11) is 0. The lowest BCUT2D eigenvalue weighted by Crippen LogP contribution is -2.34. The minimum Gasteiger partial charge on any atom is -0.350 e. The van der Waals surface area contributed by atoms with Gasteiger partial charge in [0.2, 0.25) is 0 Å². The molecule has 0 aliphatic carbocycles. The molecule has 1 unspecified atom stereocenters. The van der Waals surface area contributed by atoms with E-state index >= 15 is 0 Å². The van der Waals surface area contributed by atoms with Crippen molar-refractivity contribution in [3.05, 3.63) is 24.0 Å². The van der Waals surface area contributed by atoms with E-state index < -0.39 is 0 Å². The topological polar surface area (TPSA) is 80.0 Å². The van der Waals surface area contributed by atoms with E-state index in [2.05, 4.69) is 29.6 Å². The Morgan fingerprint density at radius 2 is 2.18 bits per heavy atom. The zero-order chi connectivity index (χ0) is 12.8. The van der Waals surface area contributed by atoms with Crippen LogP contribution < -0.4 is 16.6 Å². The number of hydrogen-bond acceptors (Lipinski definition) is 4. The van der Waals surface area contributed by atoms with E-state index in [0.29, 0.717) is 17.2 Å². The number of carbonyl (C=O) groups excluding carboxylic acids is 1. The molecule has 0 aliphatic heterocycles. The molecule has 1 aromatic rings. The Morgan fingerprint density at radius 1 is 1.47 bits per heavy atom. The minimum absolute atomic E-state index is 0.131. The third-order valence-electron chi connectivity index (χ3n) is 2.42. The Kier molecular flexibility index (Phi) is 4.90. The maximum Gasteiger partial charge on any atom is 0.253 e. The lowest BCUT2D eigenvalue weighted by molar-refractivity contribution is 0.0937. The number of nitrogens with one attached hydrogen (secondary N) is 2. The van der Waals surface area contributed by atoms with Crippen LogP contribution >= 0.6 is 0 Å². The minimum atomic E-state index is -0.131. The average molecular weight is 236 g/mol. The van der Waals surface area contributed by atoms with E-state index in [1.54, 1.807) is 12.3 Å². The molecule has 0 spiro atoms. The monoisotopic (exact) mass is 236 g/mol. The van der Waals surface area contributed by atoms with Crippen molar-refractivity contribution < 1.29 is 4.79 Å². The van der Waals surface area contributed by atoms with E-state index in [0.717, 1.165) is 6.42 Å². The number of aromatic nitrogens is 1. The van der Waals surface area contributed by atoms with Gasteiger partial charge in [-0.1, -0.05) is 13.8 Å². The first-order chi connectivity index (χ1) is 8.04. The van der Waals surface area contributed by atoms with Crippen molar-refractivity contribution in [1.29, 1.82) is 0 Å². The van der Waals surface area contributed by atoms with Gasteiger partial charge in [0.1, 0.15) is 0 Å². The predicted octanol–water partition coefficient (Wildman–Crippen LogP) is 1.53. The normalized spacial score (nSPS) is 12.3. The molecule has 0 fully saturated rings. The third kappa shape index (κ3) is 4.03. The summed E-state index contributed by atoms with van der Waals surface area (Å²) in [5.74, 6) is 5.75. The van der Waals surface area contributed by atoms with Crippen molar-refractivity contribution in [2.75, 3.05) is 5.43 Å². The molecule has 1 heterocycles. The van der Waals surface area contributed by atoms with Gasteiger partial charge < -0.3 is 10.7 Å². The van der Waals surface area contributed by atoms with Gasteiger partial charge in [-0.05, 0) is 25.3 Å². The van der Waals surface area contributed by atoms with E-state index in [1.807, 2.05) is 6.92 Å². The number of hydrogen-bond donors (Lipinski definition) is 3. The molecule has 94 valence electrons. The van der Waals surface area contributed by atoms with Crippen molar-refractivity contribution in [3.63, 3.8) is 0 Å². The second-order valence-corrected chi connectivity index (χ2v) is 4.57. The number of pyridine rings is 1. The van der Waals surface area contributed by atoms with E-state index in [9.17, 15) is 4.79 Å². The van der Waals surface area contributed by atoms with Crippen LogP contribution in [0.25, 0.3) is 0 Å². The summed E-state index contributed by atoms with van der Waals surface area (Å²) in [6.45, 7) is 6.25. The van der Waals surface area contributed by atoms with Gasteiger partial charge in [0.05, 0.1) is 17.4 Å². The van der Waals surface area contributed by atoms with Crippen LogP contribution in [0.15, 0.2) is 18.5 Å². The molecule has 5 heteroatoms. The van der Waals surface area contributed by atoms with Crippen molar-refractivity contribution in [2.24, 2.45) is 11.8 Å². The zero-order valence-corrected chi connectivity index (χ0v) is 10.5. The average Bonchev–Trinajstić information content (AvgIpc) is 2.27. The molecule has 17 heavy (non-hydrogen) atoms. The molecule has 1 rings (SSSR count). The Hall–Kier alpha value is -1.62. The summed E-state index contributed by atoms with van der Waals surface area (Å²) in [6.07, 6.45) is 4.05. The number of nitrogen functional groups attached to an aromatic ring is 1. The van der Waals surface area contributed by atoms with Crippen molar-refractivity contribution in [1.82, 2.24) is 10.3 Å². The summed E-state index contributed by atoms with van der Waals surface area (Å²) in [5, 5.41) is 2.94. The molecule has 1 atom stereocenters. The first-order valence-corrected chi connectivity index (χ1v) is 5.76. The molecular formula is C12H20N4O. The molecule has 1 amide bonds. The maximum atomic E-state index is 12.0. The predicted molar refractivity (Wildman–Crippen MR) is 68.4 cm³/mol. The van der Waals surface area contributed by atoms with Crippen LogP contribution in [0, 0.1) is 5.92 Å². The highest BCUT2D eigenvalue weighted by Crippen LogP contribution is 2.12. The van der Waals surface area contributed by atoms with Crippen molar-refractivity contribution in [3.8, 4) is 0 Å². The molecule has 0 saturated heterocycles. The van der Waals surface area contributed by atoms with E-state index in [4.69, 9.17) is 5.84 Å². The van der Waals surface area contributed by atoms with Crippen LogP contribution in [-0.4, -0.2) is 16.9 Å². The summed E-state index contributed by atoms with van der Waals surface area (Å²) >= 11 is 0. The van der Waals surface area contributed by atoms with Crippen LogP contribution in [0.3, 0.4) is 0 Å². The number of nitrogens with zero attached hydrogens (tertiary/aromatic N) is 1. The number of hydrazine groups is 1. The lowest BCUT2D eigenvalue weighted by atomic mass is 10.0. The van der Waals surface area contributed by atoms with Crippen LogP contribution in [0.5, 0.6) is 0 Å². The van der Waals surface area contributed by atoms with E-state index in [1.165, 1.54) is 6.20 Å². The number of carbonyl (C=O) groups is 1. The maximum absolute atomic E-state index is 12.0. The zero-order valence-electron chi connectivity index (χ0n) is 10.5. The first kappa shape index (κ1) is 13.4. The van der Waals surface area contributed by atoms with Crippen molar-refractivity contribution in [2.45, 2.75) is 33.2 Å². The fraction of sp³-hybridized carbons (Fsp3) is 0.500. The second-order valence-electron chi connectivity index (χ2n) is 4.57. The standard InChI is InChI=1S/C12H20N4O/c1-8(2)6-9(3)15-12(17)10-4-5-14-7-11(10)16-13/h4-5,7-9,16H,6,13H2,1-3H3,(H,15,17). The highest BCUT2D eigenvalue weighted by atomic mass is 16.1. The van der Waals surface area contributed by atoms with Crippen LogP contribution in [0.1, 0.15) is 37.6 Å². The molecule has 5 nitrogen and oxygen atoms in total. The highest BCUT2D eigenvalue weighted by molar-refractivity contribution is 5.99. The van der Waals surface area contributed by atoms with Crippen LogP contribution in [-0.2, 0) is 0 Å². The summed E-state index contributed by atoms with van der Waals surface area (Å²) in [4.78, 5) is 15.9. The van der Waals surface area contributed by atoms with Crippen LogP contribution in [0.4, 0.5) is 5.69 Å². The van der Waals surface area contributed by atoms with Crippen molar-refractivity contribution >= 4 is 11.6 Å². The van der Waals surface area contributed by atoms with E-state index in [-0.39, 0.29) is 11.9 Å². The molecular weight excluding hydrogens is 216 g/mol. The van der Waals surface area contributed by atoms with Gasteiger partial charge in [0.25, 0.3) is 5.91 Å². The lowest BCUT2D eigenvalue weighted by Gasteiger charge is -2.16. The summed E-state index contributed by atoms with van der Waals surface area (Å²) in [6, 6.07) is 1.79. The Labute approximate surface area is 102 Å². The number of rotatable bonds is 5. The van der Waals surface area contributed by atoms with Crippen LogP contribution in [0.2, 0.25) is 0 Å². The molecule has 0 radical (unpaired) electrons. The number of anilines is 1. The highest BCUT2D eigenvalue weighted by Gasteiger charge is 2.13. The second kappa shape index (κ2) is 6.20. The van der Waals surface area contributed by atoms with Gasteiger partial charge in [0.15, 0.2) is 0 Å². The largest absolute Gasteiger partial charge is 0.350 e. The van der Waals surface area contributed by atoms with Gasteiger partial charge in [-0.25, -0.2) is 0 Å². The van der Waals surface area contributed by atoms with Gasteiger partial charge in [-0.15, -0.1) is 0 Å². The molecule has 0 aromatic carbocycles. The SMILES string of the molecule is CC(C)CC(C)NC(=O)c1ccncc1NN. The molecule has 4 N–H and O–H groups in total. The molecule has 0 aliphatic rings. The summed E-state index contributed by atoms with van der Waals surface area (Å²) < 4.78 is 0. The fourth-order valence-electron chi connectivity index (χ4n) is 1.78. The Morgan fingerprint density at radius 3 is 2.76 bits per heavy atom. The summed E-state index contributed by atoms with van der Waals surface area (Å²) in [5.41, 5.74) is 3.51. The Balaban J connectivity index is 2.69. The van der Waals surface area contributed by atoms with Gasteiger partial charge >= 0.3 is 0 Å². The smallest absolute Gasteiger partial charge is 0.253 e. The van der Waals surface area contributed by atoms with Gasteiger partial charge in [-0.2, -0.15) is 0 Å². The molecule has 0 saturated carbocycles. The number of amides is 1. The Bertz CT molecular complexity index is 379. The third-order valence-corrected chi connectivity index (χ3v) is 2.42. The first-order valence-electron chi connectivity index (χ1n) is 5.76. The van der Waals surface area contributed by atoms with Gasteiger partial charge in [0, 0.05) is 12.2 Å². The molecule has 0 bridgehead atoms. The number of nitrogens with two attached hydrogens (primary N) is 1. The molecule has 1 aromatic heterocycles. The fourth-order valence-corrected chi connectivity index (χ4v) is 1.78. The quantitative estimate of drug-likeness (QED) is 0.535.